The number of nitrogens with one attached hydrogen (secondary N) is 1. The van der Waals surface area contributed by atoms with Gasteiger partial charge in [0.25, 0.3) is 5.91 Å². The molecule has 0 radical (unpaired) electrons. The summed E-state index contributed by atoms with van der Waals surface area (Å²) < 4.78 is 12.6. The Bertz CT molecular complexity index is 846. The predicted octanol–water partition coefficient (Wildman–Crippen LogP) is 3.39. The lowest BCUT2D eigenvalue weighted by Crippen LogP contribution is -2.23. The lowest BCUT2D eigenvalue weighted by Gasteiger charge is -2.13. The van der Waals surface area contributed by atoms with Crippen molar-refractivity contribution in [2.45, 2.75) is 13.5 Å². The number of methoxy groups -OCH3 is 1. The van der Waals surface area contributed by atoms with E-state index in [0.29, 0.717) is 35.2 Å². The molecule has 0 atom stereocenters. The van der Waals surface area contributed by atoms with Crippen LogP contribution in [-0.2, 0) is 6.54 Å². The molecule has 0 aliphatic heterocycles. The Hall–Kier alpha value is -2.25. The van der Waals surface area contributed by atoms with Gasteiger partial charge in [0.15, 0.2) is 16.5 Å². The third-order valence-electron chi connectivity index (χ3n) is 3.35. The summed E-state index contributed by atoms with van der Waals surface area (Å²) in [5.41, 5.74) is 1.19. The summed E-state index contributed by atoms with van der Waals surface area (Å²) in [7, 11) is 1.51. The Morgan fingerprint density at radius 3 is 3.00 bits per heavy atom. The molecular weight excluding hydrogens is 350 g/mol. The number of nitrogens with zero attached hydrogens (tertiary/aromatic N) is 2. The van der Waals surface area contributed by atoms with Crippen molar-refractivity contribution >= 4 is 33.8 Å². The fraction of sp³-hybridized carbons (Fsp3) is 0.250. The minimum absolute atomic E-state index is 0.255. The van der Waals surface area contributed by atoms with Crippen LogP contribution in [0.2, 0.25) is 5.02 Å². The summed E-state index contributed by atoms with van der Waals surface area (Å²) in [6.45, 7) is 2.64. The smallest absolute Gasteiger partial charge is 0.251 e. The Morgan fingerprint density at radius 1 is 1.46 bits per heavy atom. The topological polar surface area (TPSA) is 64.9 Å². The van der Waals surface area contributed by atoms with Gasteiger partial charge in [0.05, 0.1) is 31.0 Å². The number of rotatable bonds is 6. The lowest BCUT2D eigenvalue weighted by atomic mass is 10.2. The molecule has 2 aromatic heterocycles. The van der Waals surface area contributed by atoms with Gasteiger partial charge in [-0.3, -0.25) is 9.20 Å². The second kappa shape index (κ2) is 7.11. The molecule has 126 valence electrons. The Kier molecular flexibility index (Phi) is 4.92. The zero-order valence-corrected chi connectivity index (χ0v) is 14.8. The summed E-state index contributed by atoms with van der Waals surface area (Å²) in [6, 6.07) is 3.17. The van der Waals surface area contributed by atoms with Crippen LogP contribution in [0.1, 0.15) is 23.0 Å². The Morgan fingerprint density at radius 2 is 2.29 bits per heavy atom. The number of fused-ring (bicyclic) bond motifs is 1. The second-order valence-electron chi connectivity index (χ2n) is 4.93. The molecule has 0 aliphatic carbocycles. The number of imidazole rings is 1. The van der Waals surface area contributed by atoms with Gasteiger partial charge in [-0.25, -0.2) is 4.98 Å². The highest BCUT2D eigenvalue weighted by molar-refractivity contribution is 7.15. The van der Waals surface area contributed by atoms with Gasteiger partial charge in [0.2, 0.25) is 0 Å². The van der Waals surface area contributed by atoms with Crippen molar-refractivity contribution in [1.29, 1.82) is 0 Å². The van der Waals surface area contributed by atoms with Gasteiger partial charge < -0.3 is 14.8 Å². The highest BCUT2D eigenvalue weighted by atomic mass is 35.5. The zero-order chi connectivity index (χ0) is 17.1. The minimum Gasteiger partial charge on any atom is -0.493 e. The largest absolute Gasteiger partial charge is 0.493 e. The molecule has 1 amide bonds. The van der Waals surface area contributed by atoms with Crippen LogP contribution in [0.15, 0.2) is 29.9 Å². The Balaban J connectivity index is 1.74. The van der Waals surface area contributed by atoms with Crippen molar-refractivity contribution in [3.05, 3.63) is 46.2 Å². The van der Waals surface area contributed by atoms with Gasteiger partial charge in [-0.15, -0.1) is 11.3 Å². The number of benzene rings is 1. The van der Waals surface area contributed by atoms with E-state index in [2.05, 4.69) is 10.3 Å². The number of ether oxygens (including phenoxy) is 2. The third kappa shape index (κ3) is 3.32. The molecule has 24 heavy (non-hydrogen) atoms. The van der Waals surface area contributed by atoms with Crippen LogP contribution in [-0.4, -0.2) is 29.0 Å². The van der Waals surface area contributed by atoms with E-state index in [4.69, 9.17) is 21.1 Å². The van der Waals surface area contributed by atoms with Gasteiger partial charge in [-0.2, -0.15) is 0 Å². The van der Waals surface area contributed by atoms with E-state index in [9.17, 15) is 4.79 Å². The molecule has 1 N–H and O–H groups in total. The van der Waals surface area contributed by atoms with Crippen LogP contribution in [0.5, 0.6) is 11.5 Å². The molecule has 3 aromatic rings. The SMILES string of the molecule is CCOc1c(Cl)cc(C(=O)NCc2cn3ccsc3n2)cc1OC. The zero-order valence-electron chi connectivity index (χ0n) is 13.2. The average Bonchev–Trinajstić information content (AvgIpc) is 3.15. The van der Waals surface area contributed by atoms with E-state index in [1.807, 2.05) is 29.1 Å². The fourth-order valence-electron chi connectivity index (χ4n) is 2.27. The van der Waals surface area contributed by atoms with Crippen molar-refractivity contribution in [1.82, 2.24) is 14.7 Å². The van der Waals surface area contributed by atoms with Gasteiger partial charge >= 0.3 is 0 Å². The maximum absolute atomic E-state index is 12.4. The quantitative estimate of drug-likeness (QED) is 0.727. The summed E-state index contributed by atoms with van der Waals surface area (Å²) in [6.07, 6.45) is 3.81. The highest BCUT2D eigenvalue weighted by Crippen LogP contribution is 2.36. The van der Waals surface area contributed by atoms with Crippen molar-refractivity contribution < 1.29 is 14.3 Å². The maximum Gasteiger partial charge on any atom is 0.251 e. The first-order chi connectivity index (χ1) is 11.6. The predicted molar refractivity (Wildman–Crippen MR) is 93.4 cm³/mol. The van der Waals surface area contributed by atoms with Gasteiger partial charge in [0, 0.05) is 23.3 Å². The van der Waals surface area contributed by atoms with Crippen LogP contribution in [0.3, 0.4) is 0 Å². The molecule has 0 saturated heterocycles. The first-order valence-corrected chi connectivity index (χ1v) is 8.57. The van der Waals surface area contributed by atoms with Crippen LogP contribution >= 0.6 is 22.9 Å². The first-order valence-electron chi connectivity index (χ1n) is 7.32. The van der Waals surface area contributed by atoms with Gasteiger partial charge in [-0.05, 0) is 19.1 Å². The van der Waals surface area contributed by atoms with E-state index < -0.39 is 0 Å². The normalized spacial score (nSPS) is 10.8. The summed E-state index contributed by atoms with van der Waals surface area (Å²) in [4.78, 5) is 17.7. The molecular formula is C16H16ClN3O3S. The van der Waals surface area contributed by atoms with E-state index in [-0.39, 0.29) is 5.91 Å². The molecule has 0 saturated carbocycles. The number of carbonyl (C=O) groups is 1. The fourth-order valence-corrected chi connectivity index (χ4v) is 3.25. The number of aromatic nitrogens is 2. The number of halogens is 1. The molecule has 0 bridgehead atoms. The number of thiazole rings is 1. The van der Waals surface area contributed by atoms with E-state index in [1.165, 1.54) is 7.11 Å². The molecule has 0 fully saturated rings. The molecule has 1 aromatic carbocycles. The first kappa shape index (κ1) is 16.6. The molecule has 2 heterocycles. The molecule has 3 rings (SSSR count). The highest BCUT2D eigenvalue weighted by Gasteiger charge is 2.16. The summed E-state index contributed by atoms with van der Waals surface area (Å²) in [5.74, 6) is 0.610. The summed E-state index contributed by atoms with van der Waals surface area (Å²) >= 11 is 7.74. The molecule has 0 spiro atoms. The number of hydrogen-bond acceptors (Lipinski definition) is 5. The van der Waals surface area contributed by atoms with Gasteiger partial charge in [0.1, 0.15) is 0 Å². The molecule has 6 nitrogen and oxygen atoms in total. The minimum atomic E-state index is -0.255. The number of amides is 1. The van der Waals surface area contributed by atoms with Crippen LogP contribution < -0.4 is 14.8 Å². The van der Waals surface area contributed by atoms with Crippen molar-refractivity contribution in [3.63, 3.8) is 0 Å². The maximum atomic E-state index is 12.4. The van der Waals surface area contributed by atoms with E-state index in [0.717, 1.165) is 10.7 Å². The van der Waals surface area contributed by atoms with E-state index >= 15 is 0 Å². The monoisotopic (exact) mass is 365 g/mol. The third-order valence-corrected chi connectivity index (χ3v) is 4.40. The van der Waals surface area contributed by atoms with Crippen molar-refractivity contribution in [2.24, 2.45) is 0 Å². The molecule has 0 aliphatic rings. The Labute approximate surface area is 148 Å². The van der Waals surface area contributed by atoms with Gasteiger partial charge in [-0.1, -0.05) is 11.6 Å². The standard InChI is InChI=1S/C16H16ClN3O3S/c1-3-23-14-12(17)6-10(7-13(14)22-2)15(21)18-8-11-9-20-4-5-24-16(20)19-11/h4-7,9H,3,8H2,1-2H3,(H,18,21). The van der Waals surface area contributed by atoms with Crippen molar-refractivity contribution in [3.8, 4) is 11.5 Å². The summed E-state index contributed by atoms with van der Waals surface area (Å²) in [5, 5.41) is 5.12. The van der Waals surface area contributed by atoms with Crippen LogP contribution in [0, 0.1) is 0 Å². The van der Waals surface area contributed by atoms with E-state index in [1.54, 1.807) is 23.5 Å². The van der Waals surface area contributed by atoms with Crippen LogP contribution in [0.25, 0.3) is 4.96 Å². The average molecular weight is 366 g/mol. The second-order valence-corrected chi connectivity index (χ2v) is 6.21. The number of hydrogen-bond donors (Lipinski definition) is 1. The van der Waals surface area contributed by atoms with Crippen molar-refractivity contribution in [2.75, 3.05) is 13.7 Å². The lowest BCUT2D eigenvalue weighted by molar-refractivity contribution is 0.0950. The molecule has 8 heteroatoms. The van der Waals surface area contributed by atoms with Crippen LogP contribution in [0.4, 0.5) is 0 Å². The molecule has 0 unspecified atom stereocenters. The number of carbonyl (C=O) groups excluding carboxylic acids is 1.